The predicted molar refractivity (Wildman–Crippen MR) is 78.4 cm³/mol. The summed E-state index contributed by atoms with van der Waals surface area (Å²) >= 11 is 11.7. The van der Waals surface area contributed by atoms with E-state index in [0.29, 0.717) is 21.4 Å². The van der Waals surface area contributed by atoms with E-state index in [1.807, 2.05) is 0 Å². The lowest BCUT2D eigenvalue weighted by atomic mass is 10.3. The number of hydrogen-bond acceptors (Lipinski definition) is 4. The van der Waals surface area contributed by atoms with Gasteiger partial charge < -0.3 is 5.43 Å². The highest BCUT2D eigenvalue weighted by molar-refractivity contribution is 7.89. The third-order valence-electron chi connectivity index (χ3n) is 2.51. The van der Waals surface area contributed by atoms with Gasteiger partial charge >= 0.3 is 0 Å². The lowest BCUT2D eigenvalue weighted by molar-refractivity contribution is 0.587. The zero-order valence-corrected chi connectivity index (χ0v) is 13.0. The van der Waals surface area contributed by atoms with Crippen molar-refractivity contribution in [3.8, 4) is 0 Å². The van der Waals surface area contributed by atoms with Crippen LogP contribution in [0.15, 0.2) is 29.3 Å². The highest BCUT2D eigenvalue weighted by Gasteiger charge is 2.19. The molecule has 0 amide bonds. The summed E-state index contributed by atoms with van der Waals surface area (Å²) in [7, 11) is -2.08. The average Bonchev–Trinajstić information content (AvgIpc) is 2.68. The number of benzene rings is 1. The lowest BCUT2D eigenvalue weighted by Crippen LogP contribution is -2.29. The molecule has 1 aromatic carbocycles. The molecule has 0 saturated heterocycles. The van der Waals surface area contributed by atoms with E-state index in [0.717, 1.165) is 0 Å². The van der Waals surface area contributed by atoms with Crippen molar-refractivity contribution in [1.29, 1.82) is 0 Å². The monoisotopic (exact) mass is 334 g/mol. The molecule has 2 aromatic rings. The van der Waals surface area contributed by atoms with Gasteiger partial charge in [0.05, 0.1) is 16.4 Å². The third-order valence-corrected chi connectivity index (χ3v) is 4.41. The second kappa shape index (κ2) is 5.61. The zero-order valence-electron chi connectivity index (χ0n) is 10.7. The number of rotatable bonds is 4. The van der Waals surface area contributed by atoms with Crippen LogP contribution in [0.2, 0.25) is 10.0 Å². The van der Waals surface area contributed by atoms with Crippen LogP contribution in [0, 0.1) is 6.92 Å². The first-order valence-corrected chi connectivity index (χ1v) is 7.76. The van der Waals surface area contributed by atoms with Crippen molar-refractivity contribution in [2.45, 2.75) is 11.8 Å². The first-order valence-electron chi connectivity index (χ1n) is 5.53. The minimum Gasteiger partial charge on any atom is -0.306 e. The molecule has 0 aliphatic rings. The summed E-state index contributed by atoms with van der Waals surface area (Å²) in [6, 6.07) is 4.68. The second-order valence-electron chi connectivity index (χ2n) is 4.11. The van der Waals surface area contributed by atoms with E-state index >= 15 is 0 Å². The SMILES string of the molecule is Cc1nn(C)cc1S(=O)(=O)NNc1ccc(Cl)cc1Cl. The molecule has 2 rings (SSSR count). The van der Waals surface area contributed by atoms with Gasteiger partial charge in [-0.25, -0.2) is 8.42 Å². The van der Waals surface area contributed by atoms with Crippen LogP contribution in [0.25, 0.3) is 0 Å². The molecule has 0 aliphatic heterocycles. The van der Waals surface area contributed by atoms with Crippen molar-refractivity contribution in [1.82, 2.24) is 14.6 Å². The van der Waals surface area contributed by atoms with Crippen LogP contribution in [0.1, 0.15) is 5.69 Å². The standard InChI is InChI=1S/C11H12Cl2N4O2S/c1-7-11(6-17(2)15-7)20(18,19)16-14-10-4-3-8(12)5-9(10)13/h3-6,14,16H,1-2H3. The first kappa shape index (κ1) is 15.1. The van der Waals surface area contributed by atoms with Crippen LogP contribution in [-0.4, -0.2) is 18.2 Å². The van der Waals surface area contributed by atoms with E-state index in [4.69, 9.17) is 23.2 Å². The van der Waals surface area contributed by atoms with Gasteiger partial charge in [-0.15, -0.1) is 4.83 Å². The zero-order chi connectivity index (χ0) is 14.9. The van der Waals surface area contributed by atoms with Crippen molar-refractivity contribution < 1.29 is 8.42 Å². The smallest absolute Gasteiger partial charge is 0.260 e. The predicted octanol–water partition coefficient (Wildman–Crippen LogP) is 2.34. The van der Waals surface area contributed by atoms with Gasteiger partial charge in [0.25, 0.3) is 10.0 Å². The molecular formula is C11H12Cl2N4O2S. The quantitative estimate of drug-likeness (QED) is 0.841. The molecule has 0 atom stereocenters. The Morgan fingerprint density at radius 3 is 2.55 bits per heavy atom. The number of anilines is 1. The molecule has 20 heavy (non-hydrogen) atoms. The van der Waals surface area contributed by atoms with Crippen LogP contribution >= 0.6 is 23.2 Å². The number of aromatic nitrogens is 2. The molecule has 0 bridgehead atoms. The van der Waals surface area contributed by atoms with Crippen molar-refractivity contribution in [3.05, 3.63) is 40.1 Å². The third kappa shape index (κ3) is 3.24. The molecule has 0 aliphatic carbocycles. The maximum absolute atomic E-state index is 12.1. The number of nitrogens with one attached hydrogen (secondary N) is 2. The molecule has 0 saturated carbocycles. The number of halogens is 2. The molecule has 0 unspecified atom stereocenters. The van der Waals surface area contributed by atoms with Gasteiger partial charge in [0.1, 0.15) is 4.90 Å². The van der Waals surface area contributed by atoms with Crippen LogP contribution in [0.5, 0.6) is 0 Å². The molecule has 9 heteroatoms. The summed E-state index contributed by atoms with van der Waals surface area (Å²) in [5.41, 5.74) is 3.36. The molecule has 6 nitrogen and oxygen atoms in total. The summed E-state index contributed by atoms with van der Waals surface area (Å²) in [4.78, 5) is 2.34. The Morgan fingerprint density at radius 1 is 1.30 bits per heavy atom. The van der Waals surface area contributed by atoms with Gasteiger partial charge in [0.15, 0.2) is 0 Å². The Bertz CT molecular complexity index is 743. The topological polar surface area (TPSA) is 76.0 Å². The van der Waals surface area contributed by atoms with E-state index in [1.54, 1.807) is 26.1 Å². The number of hydrogen-bond donors (Lipinski definition) is 2. The Labute approximate surface area is 126 Å². The average molecular weight is 335 g/mol. The fraction of sp³-hybridized carbons (Fsp3) is 0.182. The molecule has 0 spiro atoms. The highest BCUT2D eigenvalue weighted by atomic mass is 35.5. The molecule has 1 heterocycles. The highest BCUT2D eigenvalue weighted by Crippen LogP contribution is 2.25. The molecule has 1 aromatic heterocycles. The van der Waals surface area contributed by atoms with Gasteiger partial charge in [-0.2, -0.15) is 5.10 Å². The Morgan fingerprint density at radius 2 is 2.00 bits per heavy atom. The van der Waals surface area contributed by atoms with Crippen molar-refractivity contribution >= 4 is 38.9 Å². The van der Waals surface area contributed by atoms with E-state index in [-0.39, 0.29) is 4.90 Å². The van der Waals surface area contributed by atoms with Gasteiger partial charge in [-0.05, 0) is 25.1 Å². The fourth-order valence-electron chi connectivity index (χ4n) is 1.61. The van der Waals surface area contributed by atoms with Crippen molar-refractivity contribution in [3.63, 3.8) is 0 Å². The summed E-state index contributed by atoms with van der Waals surface area (Å²) in [6.45, 7) is 1.61. The van der Waals surface area contributed by atoms with E-state index in [2.05, 4.69) is 15.4 Å². The number of nitrogens with zero attached hydrogens (tertiary/aromatic N) is 2. The van der Waals surface area contributed by atoms with Gasteiger partial charge in [0, 0.05) is 18.3 Å². The van der Waals surface area contributed by atoms with Crippen LogP contribution in [0.3, 0.4) is 0 Å². The lowest BCUT2D eigenvalue weighted by Gasteiger charge is -2.10. The fourth-order valence-corrected chi connectivity index (χ4v) is 3.14. The van der Waals surface area contributed by atoms with Crippen LogP contribution in [-0.2, 0) is 17.1 Å². The Hall–Kier alpha value is -1.28. The van der Waals surface area contributed by atoms with Gasteiger partial charge in [-0.1, -0.05) is 23.2 Å². The molecule has 2 N–H and O–H groups in total. The van der Waals surface area contributed by atoms with Gasteiger partial charge in [0.2, 0.25) is 0 Å². The minimum absolute atomic E-state index is 0.0950. The Balaban J connectivity index is 2.19. The van der Waals surface area contributed by atoms with Crippen LogP contribution < -0.4 is 10.3 Å². The van der Waals surface area contributed by atoms with Crippen LogP contribution in [0.4, 0.5) is 5.69 Å². The van der Waals surface area contributed by atoms with E-state index < -0.39 is 10.0 Å². The molecule has 0 fully saturated rings. The molecule has 108 valence electrons. The largest absolute Gasteiger partial charge is 0.306 e. The van der Waals surface area contributed by atoms with Crippen molar-refractivity contribution in [2.75, 3.05) is 5.43 Å². The summed E-state index contributed by atoms with van der Waals surface area (Å²) in [5.74, 6) is 0. The normalized spacial score (nSPS) is 11.6. The van der Waals surface area contributed by atoms with E-state index in [9.17, 15) is 8.42 Å². The Kier molecular flexibility index (Phi) is 4.24. The van der Waals surface area contributed by atoms with E-state index in [1.165, 1.54) is 16.9 Å². The summed E-state index contributed by atoms with van der Waals surface area (Å²) in [5, 5.41) is 4.76. The number of aryl methyl sites for hydroxylation is 2. The number of sulfonamides is 1. The summed E-state index contributed by atoms with van der Waals surface area (Å²) in [6.07, 6.45) is 1.42. The molecule has 0 radical (unpaired) electrons. The minimum atomic E-state index is -3.73. The van der Waals surface area contributed by atoms with Crippen molar-refractivity contribution in [2.24, 2.45) is 7.05 Å². The van der Waals surface area contributed by atoms with Gasteiger partial charge in [-0.3, -0.25) is 4.68 Å². The second-order valence-corrected chi connectivity index (χ2v) is 6.60. The molecular weight excluding hydrogens is 323 g/mol. The summed E-state index contributed by atoms with van der Waals surface area (Å²) < 4.78 is 25.7. The first-order chi connectivity index (χ1) is 9.29. The maximum Gasteiger partial charge on any atom is 0.260 e. The number of hydrazine groups is 1. The maximum atomic E-state index is 12.1.